The van der Waals surface area contributed by atoms with Crippen molar-refractivity contribution in [3.05, 3.63) is 46.2 Å². The topological polar surface area (TPSA) is 62.0 Å². The van der Waals surface area contributed by atoms with Crippen LogP contribution in [0.4, 0.5) is 0 Å². The van der Waals surface area contributed by atoms with E-state index in [1.165, 1.54) is 0 Å². The summed E-state index contributed by atoms with van der Waals surface area (Å²) in [5.74, 6) is 0. The molecule has 2 rings (SSSR count). The maximum absolute atomic E-state index is 11.9. The van der Waals surface area contributed by atoms with E-state index in [1.807, 2.05) is 37.3 Å². The Balaban J connectivity index is 1.98. The molecule has 1 aromatic heterocycles. The lowest BCUT2D eigenvalue weighted by Crippen LogP contribution is -2.24. The average molecular weight is 292 g/mol. The number of hydrogen-bond acceptors (Lipinski definition) is 3. The number of nitrogens with one attached hydrogen (secondary N) is 2. The Morgan fingerprint density at radius 2 is 2.10 bits per heavy atom. The number of aromatic amines is 1. The number of aromatic nitrogens is 1. The van der Waals surface area contributed by atoms with Crippen LogP contribution in [0, 0.1) is 0 Å². The smallest absolute Gasteiger partial charge is 0.252 e. The monoisotopic (exact) mass is 292 g/mol. The second-order valence-corrected chi connectivity index (χ2v) is 6.79. The molecule has 20 heavy (non-hydrogen) atoms. The molecule has 108 valence electrons. The number of pyridine rings is 1. The van der Waals surface area contributed by atoms with Crippen LogP contribution in [0.15, 0.2) is 35.1 Å². The van der Waals surface area contributed by atoms with E-state index in [0.29, 0.717) is 6.54 Å². The quantitative estimate of drug-likeness (QED) is 0.798. The van der Waals surface area contributed by atoms with Crippen LogP contribution in [0.5, 0.6) is 0 Å². The Bertz CT molecular complexity index is 666. The van der Waals surface area contributed by atoms with Gasteiger partial charge in [-0.05, 0) is 30.5 Å². The molecule has 5 heteroatoms. The maximum Gasteiger partial charge on any atom is 0.252 e. The lowest BCUT2D eigenvalue weighted by Gasteiger charge is -2.09. The molecular weight excluding hydrogens is 272 g/mol. The molecule has 2 unspecified atom stereocenters. The molecule has 0 aliphatic carbocycles. The lowest BCUT2D eigenvalue weighted by atomic mass is 10.1. The van der Waals surface area contributed by atoms with Crippen LogP contribution < -0.4 is 10.9 Å². The first-order valence-corrected chi connectivity index (χ1v) is 8.34. The van der Waals surface area contributed by atoms with E-state index in [-0.39, 0.29) is 10.8 Å². The summed E-state index contributed by atoms with van der Waals surface area (Å²) < 4.78 is 11.2. The molecule has 0 aliphatic rings. The third-order valence-corrected chi connectivity index (χ3v) is 4.81. The van der Waals surface area contributed by atoms with Gasteiger partial charge in [0, 0.05) is 39.9 Å². The van der Waals surface area contributed by atoms with Gasteiger partial charge in [-0.15, -0.1) is 0 Å². The van der Waals surface area contributed by atoms with Crippen molar-refractivity contribution in [2.75, 3.05) is 12.8 Å². The lowest BCUT2D eigenvalue weighted by molar-refractivity contribution is 0.627. The first-order valence-electron chi connectivity index (χ1n) is 6.72. The van der Waals surface area contributed by atoms with Crippen LogP contribution in [0.2, 0.25) is 0 Å². The van der Waals surface area contributed by atoms with Gasteiger partial charge >= 0.3 is 0 Å². The normalized spacial score (nSPS) is 14.3. The maximum atomic E-state index is 11.9. The minimum atomic E-state index is -0.789. The van der Waals surface area contributed by atoms with Crippen molar-refractivity contribution in [2.24, 2.45) is 0 Å². The molecule has 2 aromatic rings. The van der Waals surface area contributed by atoms with E-state index in [1.54, 1.807) is 6.26 Å². The molecule has 0 saturated heterocycles. The van der Waals surface area contributed by atoms with Crippen molar-refractivity contribution < 1.29 is 4.21 Å². The standard InChI is InChI=1S/C15H20N2O2S/c1-11(20(2)19)7-8-16-10-13-9-12-5-3-4-6-14(12)17-15(13)18/h3-6,9,11,16H,7-8,10H2,1-2H3,(H,17,18). The molecule has 0 saturated carbocycles. The van der Waals surface area contributed by atoms with Crippen LogP contribution in [0.25, 0.3) is 10.9 Å². The van der Waals surface area contributed by atoms with Crippen LogP contribution in [0.1, 0.15) is 18.9 Å². The number of para-hydroxylation sites is 1. The Kier molecular flexibility index (Phi) is 5.09. The van der Waals surface area contributed by atoms with Gasteiger partial charge in [0.05, 0.1) is 0 Å². The first-order chi connectivity index (χ1) is 9.58. The minimum absolute atomic E-state index is 0.0525. The summed E-state index contributed by atoms with van der Waals surface area (Å²) in [5, 5.41) is 4.45. The molecular formula is C15H20N2O2S. The van der Waals surface area contributed by atoms with Gasteiger partial charge in [-0.25, -0.2) is 0 Å². The Morgan fingerprint density at radius 1 is 1.35 bits per heavy atom. The number of hydrogen-bond donors (Lipinski definition) is 2. The summed E-state index contributed by atoms with van der Waals surface area (Å²) in [6, 6.07) is 9.66. The number of H-pyrrole nitrogens is 1. The molecule has 0 amide bonds. The molecule has 0 radical (unpaired) electrons. The van der Waals surface area contributed by atoms with Crippen molar-refractivity contribution >= 4 is 21.7 Å². The predicted molar refractivity (Wildman–Crippen MR) is 84.4 cm³/mol. The SMILES string of the molecule is CC(CCNCc1cc2ccccc2[nH]c1=O)S(C)=O. The van der Waals surface area contributed by atoms with E-state index in [2.05, 4.69) is 10.3 Å². The summed E-state index contributed by atoms with van der Waals surface area (Å²) in [7, 11) is -0.789. The van der Waals surface area contributed by atoms with E-state index in [4.69, 9.17) is 0 Å². The molecule has 0 spiro atoms. The van der Waals surface area contributed by atoms with Gasteiger partial charge in [0.2, 0.25) is 0 Å². The third-order valence-electron chi connectivity index (χ3n) is 3.44. The van der Waals surface area contributed by atoms with Crippen molar-refractivity contribution in [3.63, 3.8) is 0 Å². The van der Waals surface area contributed by atoms with Gasteiger partial charge < -0.3 is 10.3 Å². The van der Waals surface area contributed by atoms with Crippen LogP contribution in [-0.2, 0) is 17.3 Å². The summed E-state index contributed by atoms with van der Waals surface area (Å²) in [4.78, 5) is 14.8. The van der Waals surface area contributed by atoms with Crippen LogP contribution in [0.3, 0.4) is 0 Å². The van der Waals surface area contributed by atoms with Gasteiger partial charge in [-0.2, -0.15) is 0 Å². The summed E-state index contributed by atoms with van der Waals surface area (Å²) in [6.07, 6.45) is 2.56. The molecule has 2 atom stereocenters. The zero-order chi connectivity index (χ0) is 14.5. The second kappa shape index (κ2) is 6.81. The second-order valence-electron chi connectivity index (χ2n) is 4.99. The van der Waals surface area contributed by atoms with Crippen molar-refractivity contribution in [1.82, 2.24) is 10.3 Å². The minimum Gasteiger partial charge on any atom is -0.322 e. The third kappa shape index (κ3) is 3.77. The van der Waals surface area contributed by atoms with E-state index < -0.39 is 10.8 Å². The number of fused-ring (bicyclic) bond motifs is 1. The van der Waals surface area contributed by atoms with E-state index >= 15 is 0 Å². The highest BCUT2D eigenvalue weighted by Gasteiger charge is 2.06. The first kappa shape index (κ1) is 14.9. The Morgan fingerprint density at radius 3 is 2.85 bits per heavy atom. The Labute approximate surface area is 121 Å². The summed E-state index contributed by atoms with van der Waals surface area (Å²) >= 11 is 0. The van der Waals surface area contributed by atoms with E-state index in [9.17, 15) is 9.00 Å². The predicted octanol–water partition coefficient (Wildman–Crippen LogP) is 1.77. The van der Waals surface area contributed by atoms with Crippen molar-refractivity contribution in [1.29, 1.82) is 0 Å². The Hall–Kier alpha value is -1.46. The molecule has 0 bridgehead atoms. The van der Waals surface area contributed by atoms with E-state index in [0.717, 1.165) is 29.4 Å². The van der Waals surface area contributed by atoms with Crippen LogP contribution in [-0.4, -0.2) is 27.2 Å². The molecule has 0 fully saturated rings. The van der Waals surface area contributed by atoms with Crippen molar-refractivity contribution in [3.8, 4) is 0 Å². The fourth-order valence-corrected chi connectivity index (χ4v) is 2.47. The molecule has 0 aliphatic heterocycles. The highest BCUT2D eigenvalue weighted by molar-refractivity contribution is 7.84. The summed E-state index contributed by atoms with van der Waals surface area (Å²) in [6.45, 7) is 3.26. The zero-order valence-electron chi connectivity index (χ0n) is 11.8. The fourth-order valence-electron chi connectivity index (χ4n) is 2.02. The molecule has 4 nitrogen and oxygen atoms in total. The highest BCUT2D eigenvalue weighted by Crippen LogP contribution is 2.09. The van der Waals surface area contributed by atoms with Gasteiger partial charge in [0.25, 0.3) is 5.56 Å². The highest BCUT2D eigenvalue weighted by atomic mass is 32.2. The number of rotatable bonds is 6. The molecule has 1 aromatic carbocycles. The summed E-state index contributed by atoms with van der Waals surface area (Å²) in [5.41, 5.74) is 1.54. The fraction of sp³-hybridized carbons (Fsp3) is 0.400. The van der Waals surface area contributed by atoms with Gasteiger partial charge in [0.15, 0.2) is 0 Å². The van der Waals surface area contributed by atoms with Gasteiger partial charge in [0.1, 0.15) is 0 Å². The molecule has 2 N–H and O–H groups in total. The largest absolute Gasteiger partial charge is 0.322 e. The van der Waals surface area contributed by atoms with Crippen LogP contribution >= 0.6 is 0 Å². The van der Waals surface area contributed by atoms with Gasteiger partial charge in [-0.3, -0.25) is 9.00 Å². The zero-order valence-corrected chi connectivity index (χ0v) is 12.6. The van der Waals surface area contributed by atoms with Gasteiger partial charge in [-0.1, -0.05) is 25.1 Å². The average Bonchev–Trinajstić information content (AvgIpc) is 2.43. The molecule has 1 heterocycles. The van der Waals surface area contributed by atoms with Crippen molar-refractivity contribution in [2.45, 2.75) is 25.1 Å². The number of benzene rings is 1.